The summed E-state index contributed by atoms with van der Waals surface area (Å²) < 4.78 is 0. The summed E-state index contributed by atoms with van der Waals surface area (Å²) in [5.74, 6) is -0.962. The quantitative estimate of drug-likeness (QED) is 0.642. The molecule has 0 spiro atoms. The van der Waals surface area contributed by atoms with E-state index in [1.165, 1.54) is 18.4 Å². The Morgan fingerprint density at radius 2 is 1.88 bits per heavy atom. The van der Waals surface area contributed by atoms with Crippen LogP contribution >= 0.6 is 0 Å². The van der Waals surface area contributed by atoms with Crippen LogP contribution in [0.2, 0.25) is 0 Å². The van der Waals surface area contributed by atoms with Gasteiger partial charge >= 0.3 is 12.0 Å². The lowest BCUT2D eigenvalue weighted by molar-refractivity contribution is -0.141. The van der Waals surface area contributed by atoms with E-state index in [0.29, 0.717) is 13.0 Å². The zero-order valence-corrected chi connectivity index (χ0v) is 11.0. The lowest BCUT2D eigenvalue weighted by Crippen LogP contribution is -2.47. The van der Waals surface area contributed by atoms with Crippen molar-refractivity contribution in [1.82, 2.24) is 10.2 Å². The second-order valence-electron chi connectivity index (χ2n) is 4.17. The van der Waals surface area contributed by atoms with Crippen molar-refractivity contribution in [2.24, 2.45) is 0 Å². The van der Waals surface area contributed by atoms with Crippen LogP contribution in [0.25, 0.3) is 0 Å². The van der Waals surface area contributed by atoms with Crippen LogP contribution in [0.4, 0.5) is 4.79 Å². The molecule has 0 saturated carbocycles. The molecule has 2 amide bonds. The minimum absolute atomic E-state index is 0.309. The minimum Gasteiger partial charge on any atom is -0.480 e. The van der Waals surface area contributed by atoms with Crippen LogP contribution in [-0.2, 0) is 4.79 Å². The Morgan fingerprint density at radius 3 is 2.35 bits per heavy atom. The second-order valence-corrected chi connectivity index (χ2v) is 4.17. The first kappa shape index (κ1) is 15.7. The van der Waals surface area contributed by atoms with E-state index in [1.54, 1.807) is 6.92 Å². The van der Waals surface area contributed by atoms with E-state index < -0.39 is 12.0 Å². The summed E-state index contributed by atoms with van der Waals surface area (Å²) in [6.45, 7) is 4.49. The average molecular weight is 244 g/mol. The molecule has 0 aromatic rings. The summed E-state index contributed by atoms with van der Waals surface area (Å²) in [6.07, 6.45) is 4.77. The molecule has 0 aliphatic carbocycles. The van der Waals surface area contributed by atoms with Crippen molar-refractivity contribution in [3.8, 4) is 0 Å². The van der Waals surface area contributed by atoms with E-state index in [2.05, 4.69) is 12.2 Å². The van der Waals surface area contributed by atoms with E-state index in [4.69, 9.17) is 5.11 Å². The van der Waals surface area contributed by atoms with Crippen LogP contribution in [-0.4, -0.2) is 41.6 Å². The summed E-state index contributed by atoms with van der Waals surface area (Å²) in [5, 5.41) is 11.6. The minimum atomic E-state index is -0.962. The van der Waals surface area contributed by atoms with Gasteiger partial charge in [0, 0.05) is 13.6 Å². The Labute approximate surface area is 103 Å². The number of aliphatic carboxylic acids is 1. The molecule has 0 saturated heterocycles. The third kappa shape index (κ3) is 6.14. The standard InChI is InChI=1S/C12H24N2O3/c1-4-6-7-8-9-13-12(17)14(3)10(5-2)11(15)16/h10H,4-9H2,1-3H3,(H,13,17)(H,15,16). The number of hydrogen-bond donors (Lipinski definition) is 2. The fourth-order valence-electron chi connectivity index (χ4n) is 1.63. The van der Waals surface area contributed by atoms with Crippen molar-refractivity contribution in [2.45, 2.75) is 52.0 Å². The van der Waals surface area contributed by atoms with Gasteiger partial charge in [0.25, 0.3) is 0 Å². The molecule has 17 heavy (non-hydrogen) atoms. The fraction of sp³-hybridized carbons (Fsp3) is 0.833. The first-order valence-corrected chi connectivity index (χ1v) is 6.28. The molecule has 0 fully saturated rings. The number of carboxylic acids is 1. The van der Waals surface area contributed by atoms with Crippen molar-refractivity contribution >= 4 is 12.0 Å². The maximum absolute atomic E-state index is 11.6. The molecule has 0 aromatic carbocycles. The lowest BCUT2D eigenvalue weighted by atomic mass is 10.2. The van der Waals surface area contributed by atoms with E-state index >= 15 is 0 Å². The topological polar surface area (TPSA) is 69.6 Å². The Balaban J connectivity index is 3.92. The van der Waals surface area contributed by atoms with E-state index in [0.717, 1.165) is 19.3 Å². The van der Waals surface area contributed by atoms with Crippen LogP contribution in [0.3, 0.4) is 0 Å². The van der Waals surface area contributed by atoms with Gasteiger partial charge in [0.15, 0.2) is 0 Å². The first-order chi connectivity index (χ1) is 8.04. The Morgan fingerprint density at radius 1 is 1.24 bits per heavy atom. The highest BCUT2D eigenvalue weighted by Gasteiger charge is 2.24. The molecule has 100 valence electrons. The largest absolute Gasteiger partial charge is 0.480 e. The number of nitrogens with zero attached hydrogens (tertiary/aromatic N) is 1. The third-order valence-corrected chi connectivity index (χ3v) is 2.77. The number of nitrogens with one attached hydrogen (secondary N) is 1. The summed E-state index contributed by atoms with van der Waals surface area (Å²) >= 11 is 0. The number of rotatable bonds is 8. The summed E-state index contributed by atoms with van der Waals surface area (Å²) in [6, 6.07) is -1.05. The molecule has 0 aliphatic heterocycles. The zero-order valence-electron chi connectivity index (χ0n) is 11.0. The van der Waals surface area contributed by atoms with Gasteiger partial charge in [-0.05, 0) is 12.8 Å². The van der Waals surface area contributed by atoms with E-state index in [-0.39, 0.29) is 6.03 Å². The van der Waals surface area contributed by atoms with Gasteiger partial charge in [-0.2, -0.15) is 0 Å². The predicted molar refractivity (Wildman–Crippen MR) is 67.0 cm³/mol. The number of carboxylic acid groups (broad SMARTS) is 1. The van der Waals surface area contributed by atoms with Crippen LogP contribution in [0.15, 0.2) is 0 Å². The number of likely N-dealkylation sites (N-methyl/N-ethyl adjacent to an activating group) is 1. The first-order valence-electron chi connectivity index (χ1n) is 6.28. The second kappa shape index (κ2) is 8.84. The Bertz CT molecular complexity index is 244. The van der Waals surface area contributed by atoms with Gasteiger partial charge in [0.05, 0.1) is 0 Å². The third-order valence-electron chi connectivity index (χ3n) is 2.77. The van der Waals surface area contributed by atoms with Gasteiger partial charge in [0.1, 0.15) is 6.04 Å². The molecular weight excluding hydrogens is 220 g/mol. The zero-order chi connectivity index (χ0) is 13.3. The molecule has 1 unspecified atom stereocenters. The summed E-state index contributed by atoms with van der Waals surface area (Å²) in [4.78, 5) is 23.8. The van der Waals surface area contributed by atoms with Crippen molar-refractivity contribution in [1.29, 1.82) is 0 Å². The van der Waals surface area contributed by atoms with Crippen LogP contribution < -0.4 is 5.32 Å². The number of carbonyl (C=O) groups is 2. The van der Waals surface area contributed by atoms with Crippen molar-refractivity contribution < 1.29 is 14.7 Å². The maximum atomic E-state index is 11.6. The van der Waals surface area contributed by atoms with Gasteiger partial charge < -0.3 is 15.3 Å². The van der Waals surface area contributed by atoms with Gasteiger partial charge in [-0.25, -0.2) is 9.59 Å². The van der Waals surface area contributed by atoms with Crippen molar-refractivity contribution in [3.63, 3.8) is 0 Å². The van der Waals surface area contributed by atoms with Gasteiger partial charge in [-0.15, -0.1) is 0 Å². The number of amides is 2. The molecule has 0 radical (unpaired) electrons. The Hall–Kier alpha value is -1.26. The molecule has 0 heterocycles. The molecule has 5 nitrogen and oxygen atoms in total. The molecule has 5 heteroatoms. The Kier molecular flexibility index (Phi) is 8.19. The molecule has 0 bridgehead atoms. The number of urea groups is 1. The summed E-state index contributed by atoms with van der Waals surface area (Å²) in [7, 11) is 1.52. The predicted octanol–water partition coefficient (Wildman–Crippen LogP) is 2.07. The molecule has 0 aromatic heterocycles. The molecule has 0 rings (SSSR count). The molecule has 1 atom stereocenters. The van der Waals surface area contributed by atoms with Gasteiger partial charge in [-0.3, -0.25) is 0 Å². The van der Waals surface area contributed by atoms with E-state index in [9.17, 15) is 9.59 Å². The van der Waals surface area contributed by atoms with E-state index in [1.807, 2.05) is 0 Å². The highest BCUT2D eigenvalue weighted by atomic mass is 16.4. The monoisotopic (exact) mass is 244 g/mol. The highest BCUT2D eigenvalue weighted by molar-refractivity contribution is 5.82. The smallest absolute Gasteiger partial charge is 0.326 e. The normalized spacial score (nSPS) is 11.9. The van der Waals surface area contributed by atoms with Crippen LogP contribution in [0.5, 0.6) is 0 Å². The SMILES string of the molecule is CCCCCCNC(=O)N(C)C(CC)C(=O)O. The number of carbonyl (C=O) groups excluding carboxylic acids is 1. The van der Waals surface area contributed by atoms with Crippen LogP contribution in [0, 0.1) is 0 Å². The van der Waals surface area contributed by atoms with Gasteiger partial charge in [0.2, 0.25) is 0 Å². The van der Waals surface area contributed by atoms with Crippen molar-refractivity contribution in [3.05, 3.63) is 0 Å². The highest BCUT2D eigenvalue weighted by Crippen LogP contribution is 2.02. The van der Waals surface area contributed by atoms with Gasteiger partial charge in [-0.1, -0.05) is 33.1 Å². The molecule has 0 aliphatic rings. The molecule has 2 N–H and O–H groups in total. The van der Waals surface area contributed by atoms with Crippen molar-refractivity contribution in [2.75, 3.05) is 13.6 Å². The average Bonchev–Trinajstić information content (AvgIpc) is 2.28. The number of hydrogen-bond acceptors (Lipinski definition) is 2. The fourth-order valence-corrected chi connectivity index (χ4v) is 1.63. The molecular formula is C12H24N2O3. The number of unbranched alkanes of at least 4 members (excludes halogenated alkanes) is 3. The summed E-state index contributed by atoms with van der Waals surface area (Å²) in [5.41, 5.74) is 0. The maximum Gasteiger partial charge on any atom is 0.326 e. The lowest BCUT2D eigenvalue weighted by Gasteiger charge is -2.23. The van der Waals surface area contributed by atoms with Crippen LogP contribution in [0.1, 0.15) is 46.0 Å².